The van der Waals surface area contributed by atoms with E-state index in [2.05, 4.69) is 146 Å². The smallest absolute Gasteiger partial charge is 0.179 e. The maximum atomic E-state index is 4.91. The Hall–Kier alpha value is -5.66. The molecule has 9 rings (SSSR count). The Balaban J connectivity index is 1.32. The van der Waals surface area contributed by atoms with Gasteiger partial charge in [-0.05, 0) is 38.9 Å². The van der Waals surface area contributed by atoms with Gasteiger partial charge in [-0.25, -0.2) is 14.9 Å². The second-order valence-electron chi connectivity index (χ2n) is 11.0. The summed E-state index contributed by atoms with van der Waals surface area (Å²) in [4.78, 5) is 9.57. The predicted molar refractivity (Wildman–Crippen MR) is 177 cm³/mol. The molecule has 0 saturated carbocycles. The van der Waals surface area contributed by atoms with Crippen molar-refractivity contribution < 1.29 is 0 Å². The topological polar surface area (TPSA) is 67.2 Å². The highest BCUT2D eigenvalue weighted by atomic mass is 28.3. The molecule has 2 aliphatic rings. The molecule has 0 saturated heterocycles. The van der Waals surface area contributed by atoms with Crippen LogP contribution in [0.2, 0.25) is 0 Å². The molecule has 7 aromatic rings. The lowest BCUT2D eigenvalue weighted by atomic mass is 10.1. The first-order valence-corrected chi connectivity index (χ1v) is 16.4. The van der Waals surface area contributed by atoms with Crippen molar-refractivity contribution in [1.29, 1.82) is 0 Å². The van der Waals surface area contributed by atoms with Crippen LogP contribution in [-0.2, 0) is 0 Å². The number of hydrogen-bond donors (Lipinski definition) is 2. The lowest BCUT2D eigenvalue weighted by Gasteiger charge is -2.34. The van der Waals surface area contributed by atoms with E-state index in [1.165, 1.54) is 26.1 Å². The Morgan fingerprint density at radius 3 is 1.81 bits per heavy atom. The number of pyridine rings is 3. The van der Waals surface area contributed by atoms with Crippen LogP contribution >= 0.6 is 0 Å². The van der Waals surface area contributed by atoms with Crippen LogP contribution in [0, 0.1) is 0 Å². The van der Waals surface area contributed by atoms with E-state index >= 15 is 0 Å². The number of nitrogens with one attached hydrogen (secondary N) is 2. The first kappa shape index (κ1) is 24.0. The lowest BCUT2D eigenvalue weighted by molar-refractivity contribution is 0.840. The first-order chi connectivity index (χ1) is 21.4. The first-order valence-electron chi connectivity index (χ1n) is 14.4. The van der Waals surface area contributed by atoms with Crippen LogP contribution in [0.1, 0.15) is 0 Å². The fraction of sp³-hybridized carbons (Fsp3) is 0. The number of aromatic nitrogens is 6. The molecule has 43 heavy (non-hydrogen) atoms. The van der Waals surface area contributed by atoms with Crippen molar-refractivity contribution >= 4 is 61.7 Å². The number of benzene rings is 4. The summed E-state index contributed by atoms with van der Waals surface area (Å²) in [7, 11) is -2.61. The normalized spacial score (nSPS) is 12.2. The third-order valence-electron chi connectivity index (χ3n) is 8.86. The number of fused-ring (bicyclic) bond motifs is 3. The molecule has 0 spiro atoms. The second-order valence-corrected chi connectivity index (χ2v) is 14.8. The van der Waals surface area contributed by atoms with Gasteiger partial charge in [-0.3, -0.25) is 14.6 Å². The van der Waals surface area contributed by atoms with Gasteiger partial charge < -0.3 is 0 Å². The molecule has 5 heterocycles. The molecule has 0 atom stereocenters. The van der Waals surface area contributed by atoms with Crippen LogP contribution in [0.3, 0.4) is 0 Å². The molecule has 0 aliphatic carbocycles. The van der Waals surface area contributed by atoms with Gasteiger partial charge in [0.2, 0.25) is 0 Å². The Bertz CT molecular complexity index is 2150. The van der Waals surface area contributed by atoms with Gasteiger partial charge in [0.15, 0.2) is 8.07 Å². The van der Waals surface area contributed by atoms with Crippen molar-refractivity contribution in [3.05, 3.63) is 146 Å². The summed E-state index contributed by atoms with van der Waals surface area (Å²) in [5.74, 6) is 0. The molecule has 4 aromatic carbocycles. The molecular weight excluding hydrogens is 545 g/mol. The highest BCUT2D eigenvalue weighted by Crippen LogP contribution is 2.40. The van der Waals surface area contributed by atoms with Crippen molar-refractivity contribution in [2.24, 2.45) is 0 Å². The zero-order valence-corrected chi connectivity index (χ0v) is 24.1. The van der Waals surface area contributed by atoms with E-state index in [1.54, 1.807) is 0 Å². The van der Waals surface area contributed by atoms with Crippen LogP contribution in [0.25, 0.3) is 44.2 Å². The van der Waals surface area contributed by atoms with Gasteiger partial charge in [0.05, 0.1) is 28.3 Å². The van der Waals surface area contributed by atoms with E-state index in [0.717, 1.165) is 38.8 Å². The summed E-state index contributed by atoms with van der Waals surface area (Å²) in [6.07, 6.45) is 7.77. The van der Waals surface area contributed by atoms with Gasteiger partial charge in [-0.15, -0.1) is 0 Å². The average Bonchev–Trinajstić information content (AvgIpc) is 3.71. The zero-order chi connectivity index (χ0) is 28.4. The summed E-state index contributed by atoms with van der Waals surface area (Å²) < 4.78 is 4.32. The molecule has 204 valence electrons. The van der Waals surface area contributed by atoms with Crippen LogP contribution < -0.4 is 20.7 Å². The van der Waals surface area contributed by atoms with Gasteiger partial charge in [-0.2, -0.15) is 0 Å². The van der Waals surface area contributed by atoms with Gasteiger partial charge in [0, 0.05) is 35.1 Å². The molecule has 3 aromatic heterocycles. The van der Waals surface area contributed by atoms with Gasteiger partial charge >= 0.3 is 0 Å². The summed E-state index contributed by atoms with van der Waals surface area (Å²) in [5.41, 5.74) is 5.15. The van der Waals surface area contributed by atoms with Gasteiger partial charge in [0.25, 0.3) is 0 Å². The number of nitrogens with zero attached hydrogens (tertiary/aromatic N) is 4. The van der Waals surface area contributed by atoms with Crippen LogP contribution in [0.15, 0.2) is 146 Å². The van der Waals surface area contributed by atoms with E-state index in [1.807, 2.05) is 24.8 Å². The molecule has 0 amide bonds. The average molecular weight is 571 g/mol. The van der Waals surface area contributed by atoms with Crippen LogP contribution in [0.4, 0.5) is 0 Å². The minimum absolute atomic E-state index is 0.917. The Kier molecular flexibility index (Phi) is 5.12. The quantitative estimate of drug-likeness (QED) is 0.174. The number of hydrogen-bond acceptors (Lipinski definition) is 2. The maximum absolute atomic E-state index is 4.91. The summed E-state index contributed by atoms with van der Waals surface area (Å²) in [5, 5.41) is 15.2. The fourth-order valence-corrected chi connectivity index (χ4v) is 11.8. The molecule has 0 fully saturated rings. The minimum Gasteiger partial charge on any atom is -0.292 e. The minimum atomic E-state index is -2.61. The van der Waals surface area contributed by atoms with Gasteiger partial charge in [0.1, 0.15) is 5.65 Å². The third-order valence-corrected chi connectivity index (χ3v) is 13.7. The standard InChI is InChI=1S/C36H26N6Si/c1-4-10-26(11-5-1)43(27-12-6-2-7-13-27,28-14-8-3-9-15-28)29-18-16-25(17-19-29)41-33-23-37-22-30-32-24-39-40-42(32)31-20-21-38-36(41)35(31)34(30)33/h1-24,39-40H. The summed E-state index contributed by atoms with van der Waals surface area (Å²) in [6, 6.07) is 44.3. The number of H-pyrrole nitrogens is 2. The van der Waals surface area contributed by atoms with Crippen molar-refractivity contribution in [1.82, 2.24) is 29.5 Å². The SMILES string of the molecule is c1ccc([Si](c2ccccc2)(c2ccccc2)c2ccc(-n3c4cncc5c6c[nH][nH]n-6c6ccnc3c6c54)cc2)cc1. The monoisotopic (exact) mass is 570 g/mol. The number of rotatable bonds is 5. The Morgan fingerprint density at radius 2 is 1.19 bits per heavy atom. The van der Waals surface area contributed by atoms with Crippen molar-refractivity contribution in [3.63, 3.8) is 0 Å². The van der Waals surface area contributed by atoms with Gasteiger partial charge in [-0.1, -0.05) is 103 Å². The summed E-state index contributed by atoms with van der Waals surface area (Å²) >= 11 is 0. The maximum Gasteiger partial charge on any atom is 0.179 e. The Morgan fingerprint density at radius 1 is 0.581 bits per heavy atom. The molecule has 2 aliphatic heterocycles. The van der Waals surface area contributed by atoms with Crippen LogP contribution in [-0.4, -0.2) is 37.6 Å². The van der Waals surface area contributed by atoms with E-state index in [9.17, 15) is 0 Å². The molecule has 2 N–H and O–H groups in total. The van der Waals surface area contributed by atoms with E-state index < -0.39 is 8.07 Å². The highest BCUT2D eigenvalue weighted by Gasteiger charge is 2.41. The van der Waals surface area contributed by atoms with E-state index in [-0.39, 0.29) is 0 Å². The second kappa shape index (κ2) is 9.17. The van der Waals surface area contributed by atoms with Crippen molar-refractivity contribution in [2.45, 2.75) is 0 Å². The van der Waals surface area contributed by atoms with E-state index in [0.29, 0.717) is 0 Å². The van der Waals surface area contributed by atoms with Crippen molar-refractivity contribution in [2.75, 3.05) is 0 Å². The highest BCUT2D eigenvalue weighted by molar-refractivity contribution is 7.19. The molecular formula is C36H26N6Si. The predicted octanol–water partition coefficient (Wildman–Crippen LogP) is 4.99. The summed E-state index contributed by atoms with van der Waals surface area (Å²) in [6.45, 7) is 0. The molecule has 0 bridgehead atoms. The zero-order valence-electron chi connectivity index (χ0n) is 23.1. The molecule has 7 heteroatoms. The fourth-order valence-electron chi connectivity index (χ4n) is 7.09. The third kappa shape index (κ3) is 3.28. The molecule has 0 radical (unpaired) electrons. The lowest BCUT2D eigenvalue weighted by Crippen LogP contribution is -2.74. The van der Waals surface area contributed by atoms with E-state index in [4.69, 9.17) is 4.98 Å². The largest absolute Gasteiger partial charge is 0.292 e. The van der Waals surface area contributed by atoms with Crippen molar-refractivity contribution in [3.8, 4) is 11.4 Å². The van der Waals surface area contributed by atoms with Crippen LogP contribution in [0.5, 0.6) is 0 Å². The molecule has 6 nitrogen and oxygen atoms in total. The Labute approximate surface area is 248 Å². The molecule has 0 unspecified atom stereocenters. The number of aromatic amines is 2.